The highest BCUT2D eigenvalue weighted by atomic mass is 32.2. The number of nitrogens with zero attached hydrogens (tertiary/aromatic N) is 1. The van der Waals surface area contributed by atoms with Gasteiger partial charge in [-0.2, -0.15) is 5.26 Å². The predicted octanol–water partition coefficient (Wildman–Crippen LogP) is 3.35. The lowest BCUT2D eigenvalue weighted by molar-refractivity contribution is -0.125. The van der Waals surface area contributed by atoms with E-state index in [4.69, 9.17) is 4.74 Å². The molecule has 0 bridgehead atoms. The van der Waals surface area contributed by atoms with Crippen molar-refractivity contribution in [2.24, 2.45) is 11.8 Å². The quantitative estimate of drug-likeness (QED) is 0.214. The van der Waals surface area contributed by atoms with Gasteiger partial charge in [0.15, 0.2) is 0 Å². The standard InChI is InChI=1S/C30H44N6O4S/c1-18(2)14-23(36-29(39)24-16-20-21(34-24)8-7-9-25(20)40-6)28(38)35-22(15-19-10-11-32-27(19)37)26(17-31)41-13-12-33-30(3,4)5/h7-9,16,18-19,22-23,26,33-34H,10-15H2,1-6H3,(H,32,37)(H,35,38)(H,36,39)/t19-,22-,23-,26?/m0/s1. The third-order valence-corrected chi connectivity index (χ3v) is 8.23. The molecule has 2 aromatic rings. The highest BCUT2D eigenvalue weighted by Crippen LogP contribution is 2.27. The van der Waals surface area contributed by atoms with Crippen molar-refractivity contribution < 1.29 is 19.1 Å². The number of methoxy groups -OCH3 is 1. The van der Waals surface area contributed by atoms with Gasteiger partial charge >= 0.3 is 0 Å². The number of nitriles is 1. The molecule has 10 nitrogen and oxygen atoms in total. The zero-order valence-electron chi connectivity index (χ0n) is 24.9. The number of benzene rings is 1. The van der Waals surface area contributed by atoms with E-state index in [1.54, 1.807) is 13.2 Å². The van der Waals surface area contributed by atoms with Crippen molar-refractivity contribution in [3.8, 4) is 11.8 Å². The van der Waals surface area contributed by atoms with Crippen LogP contribution in [0.1, 0.15) is 64.4 Å². The fraction of sp³-hybridized carbons (Fsp3) is 0.600. The van der Waals surface area contributed by atoms with Crippen LogP contribution in [0.3, 0.4) is 0 Å². The first-order valence-electron chi connectivity index (χ1n) is 14.2. The predicted molar refractivity (Wildman–Crippen MR) is 163 cm³/mol. The number of hydrogen-bond acceptors (Lipinski definition) is 7. The number of ether oxygens (including phenoxy) is 1. The number of hydrogen-bond donors (Lipinski definition) is 5. The fourth-order valence-corrected chi connectivity index (χ4v) is 5.90. The Balaban J connectivity index is 1.76. The van der Waals surface area contributed by atoms with E-state index >= 15 is 0 Å². The molecule has 1 aliphatic heterocycles. The molecule has 4 atom stereocenters. The normalized spacial score (nSPS) is 17.5. The van der Waals surface area contributed by atoms with Crippen molar-refractivity contribution in [1.29, 1.82) is 5.26 Å². The Morgan fingerprint density at radius 2 is 2.00 bits per heavy atom. The minimum absolute atomic E-state index is 0.0450. The summed E-state index contributed by atoms with van der Waals surface area (Å²) in [4.78, 5) is 42.5. The van der Waals surface area contributed by atoms with E-state index in [-0.39, 0.29) is 29.2 Å². The second-order valence-electron chi connectivity index (χ2n) is 12.0. The van der Waals surface area contributed by atoms with Crippen LogP contribution in [-0.2, 0) is 9.59 Å². The summed E-state index contributed by atoms with van der Waals surface area (Å²) in [5.41, 5.74) is 1.03. The number of rotatable bonds is 14. The van der Waals surface area contributed by atoms with Gasteiger partial charge in [-0.05, 0) is 64.2 Å². The van der Waals surface area contributed by atoms with Crippen LogP contribution in [-0.4, -0.2) is 71.5 Å². The Morgan fingerprint density at radius 1 is 1.24 bits per heavy atom. The zero-order chi connectivity index (χ0) is 30.2. The fourth-order valence-electron chi connectivity index (χ4n) is 4.94. The highest BCUT2D eigenvalue weighted by molar-refractivity contribution is 8.00. The zero-order valence-corrected chi connectivity index (χ0v) is 25.7. The monoisotopic (exact) mass is 584 g/mol. The first-order chi connectivity index (χ1) is 19.4. The molecule has 3 rings (SSSR count). The summed E-state index contributed by atoms with van der Waals surface area (Å²) in [6.45, 7) is 11.5. The average Bonchev–Trinajstić information content (AvgIpc) is 3.53. The molecular formula is C30H44N6O4S. The molecule has 1 aliphatic rings. The van der Waals surface area contributed by atoms with Crippen LogP contribution >= 0.6 is 11.8 Å². The van der Waals surface area contributed by atoms with E-state index in [0.717, 1.165) is 10.9 Å². The summed E-state index contributed by atoms with van der Waals surface area (Å²) in [7, 11) is 1.57. The van der Waals surface area contributed by atoms with Gasteiger partial charge in [0, 0.05) is 41.2 Å². The van der Waals surface area contributed by atoms with Crippen molar-refractivity contribution >= 4 is 40.4 Å². The number of aromatic amines is 1. The molecule has 0 aliphatic carbocycles. The molecule has 1 saturated heterocycles. The van der Waals surface area contributed by atoms with E-state index in [1.165, 1.54) is 11.8 Å². The van der Waals surface area contributed by atoms with Crippen molar-refractivity contribution in [2.45, 2.75) is 76.8 Å². The lowest BCUT2D eigenvalue weighted by Gasteiger charge is -2.28. The van der Waals surface area contributed by atoms with Gasteiger partial charge in [-0.1, -0.05) is 19.9 Å². The molecule has 0 radical (unpaired) electrons. The van der Waals surface area contributed by atoms with Gasteiger partial charge < -0.3 is 31.0 Å². The first-order valence-corrected chi connectivity index (χ1v) is 15.3. The van der Waals surface area contributed by atoms with Crippen LogP contribution in [0.4, 0.5) is 0 Å². The average molecular weight is 585 g/mol. The molecule has 1 fully saturated rings. The minimum Gasteiger partial charge on any atom is -0.496 e. The first kappa shape index (κ1) is 32.3. The van der Waals surface area contributed by atoms with Gasteiger partial charge in [-0.3, -0.25) is 14.4 Å². The van der Waals surface area contributed by atoms with Crippen LogP contribution in [0, 0.1) is 23.2 Å². The van der Waals surface area contributed by atoms with Crippen molar-refractivity contribution in [3.05, 3.63) is 30.0 Å². The second-order valence-corrected chi connectivity index (χ2v) is 13.2. The summed E-state index contributed by atoms with van der Waals surface area (Å²) in [6.07, 6.45) is 1.44. The summed E-state index contributed by atoms with van der Waals surface area (Å²) in [5, 5.41) is 22.5. The molecule has 2 heterocycles. The number of nitrogens with one attached hydrogen (secondary N) is 5. The Labute approximate surface area is 247 Å². The smallest absolute Gasteiger partial charge is 0.268 e. The number of thioether (sulfide) groups is 1. The van der Waals surface area contributed by atoms with Gasteiger partial charge in [0.05, 0.1) is 19.2 Å². The molecule has 41 heavy (non-hydrogen) atoms. The van der Waals surface area contributed by atoms with Crippen LogP contribution in [0.2, 0.25) is 0 Å². The van der Waals surface area contributed by atoms with Gasteiger partial charge in [0.25, 0.3) is 5.91 Å². The Bertz CT molecular complexity index is 1250. The molecule has 0 spiro atoms. The molecule has 11 heteroatoms. The number of amides is 3. The van der Waals surface area contributed by atoms with E-state index in [1.807, 2.05) is 32.0 Å². The maximum absolute atomic E-state index is 13.7. The Kier molecular flexibility index (Phi) is 11.5. The summed E-state index contributed by atoms with van der Waals surface area (Å²) >= 11 is 1.46. The molecule has 3 amide bonds. The molecule has 224 valence electrons. The number of H-pyrrole nitrogens is 1. The number of carbonyl (C=O) groups is 3. The van der Waals surface area contributed by atoms with Crippen LogP contribution in [0.5, 0.6) is 5.75 Å². The summed E-state index contributed by atoms with van der Waals surface area (Å²) in [5.74, 6) is 0.344. The van der Waals surface area contributed by atoms with Crippen molar-refractivity contribution in [2.75, 3.05) is 26.0 Å². The van der Waals surface area contributed by atoms with E-state index in [0.29, 0.717) is 49.5 Å². The number of fused-ring (bicyclic) bond motifs is 1. The SMILES string of the molecule is COc1cccc2[nH]c(C(=O)N[C@@H](CC(C)C)C(=O)N[C@@H](C[C@@H]3CCNC3=O)C(C#N)SCCNC(C)(C)C)cc12. The van der Waals surface area contributed by atoms with E-state index < -0.39 is 23.2 Å². The molecular weight excluding hydrogens is 540 g/mol. The van der Waals surface area contributed by atoms with Gasteiger partial charge in [0.1, 0.15) is 22.7 Å². The third kappa shape index (κ3) is 9.40. The number of carbonyl (C=O) groups excluding carboxylic acids is 3. The van der Waals surface area contributed by atoms with Crippen LogP contribution < -0.4 is 26.0 Å². The van der Waals surface area contributed by atoms with Gasteiger partial charge in [-0.15, -0.1) is 11.8 Å². The molecule has 1 aromatic heterocycles. The highest BCUT2D eigenvalue weighted by Gasteiger charge is 2.34. The van der Waals surface area contributed by atoms with Crippen molar-refractivity contribution in [1.82, 2.24) is 26.3 Å². The Morgan fingerprint density at radius 3 is 2.61 bits per heavy atom. The topological polar surface area (TPSA) is 148 Å². The lowest BCUT2D eigenvalue weighted by atomic mass is 9.95. The molecule has 1 aromatic carbocycles. The number of aromatic nitrogens is 1. The van der Waals surface area contributed by atoms with E-state index in [9.17, 15) is 19.6 Å². The largest absolute Gasteiger partial charge is 0.496 e. The minimum atomic E-state index is -0.817. The van der Waals surface area contributed by atoms with E-state index in [2.05, 4.69) is 53.1 Å². The third-order valence-electron chi connectivity index (χ3n) is 6.99. The van der Waals surface area contributed by atoms with Gasteiger partial charge in [0.2, 0.25) is 11.8 Å². The molecule has 1 unspecified atom stereocenters. The molecule has 0 saturated carbocycles. The maximum Gasteiger partial charge on any atom is 0.268 e. The van der Waals surface area contributed by atoms with Crippen molar-refractivity contribution in [3.63, 3.8) is 0 Å². The summed E-state index contributed by atoms with van der Waals surface area (Å²) < 4.78 is 5.41. The lowest BCUT2D eigenvalue weighted by Crippen LogP contribution is -2.53. The maximum atomic E-state index is 13.7. The van der Waals surface area contributed by atoms with Gasteiger partial charge in [-0.25, -0.2) is 0 Å². The summed E-state index contributed by atoms with van der Waals surface area (Å²) in [6, 6.07) is 8.20. The second kappa shape index (κ2) is 14.6. The Hall–Kier alpha value is -3.23. The molecule has 5 N–H and O–H groups in total. The van der Waals surface area contributed by atoms with Crippen LogP contribution in [0.15, 0.2) is 24.3 Å². The van der Waals surface area contributed by atoms with Crippen LogP contribution in [0.25, 0.3) is 10.9 Å².